The van der Waals surface area contributed by atoms with Crippen molar-refractivity contribution in [3.8, 4) is 0 Å². The molecular formula is C13H17NO3. The number of carbonyl (C=O) groups is 2. The Morgan fingerprint density at radius 2 is 1.82 bits per heavy atom. The van der Waals surface area contributed by atoms with Crippen molar-refractivity contribution in [2.24, 2.45) is 0 Å². The molecule has 0 aliphatic carbocycles. The smallest absolute Gasteiger partial charge is 0.305 e. The third kappa shape index (κ3) is 3.90. The number of carboxylic acids is 1. The summed E-state index contributed by atoms with van der Waals surface area (Å²) in [5, 5.41) is 8.61. The topological polar surface area (TPSA) is 57.6 Å². The van der Waals surface area contributed by atoms with E-state index in [-0.39, 0.29) is 18.9 Å². The number of aryl methyl sites for hydroxylation is 1. The first-order valence-corrected chi connectivity index (χ1v) is 5.62. The molecular weight excluding hydrogens is 218 g/mol. The molecule has 0 bridgehead atoms. The lowest BCUT2D eigenvalue weighted by Crippen LogP contribution is -2.32. The van der Waals surface area contributed by atoms with Gasteiger partial charge in [0.25, 0.3) is 5.91 Å². The fraction of sp³-hybridized carbons (Fsp3) is 0.385. The molecule has 1 aromatic rings. The molecule has 0 saturated heterocycles. The van der Waals surface area contributed by atoms with Crippen molar-refractivity contribution in [2.45, 2.75) is 20.3 Å². The van der Waals surface area contributed by atoms with Crippen LogP contribution in [0.1, 0.15) is 29.3 Å². The molecule has 0 radical (unpaired) electrons. The van der Waals surface area contributed by atoms with Crippen LogP contribution in [-0.4, -0.2) is 35.0 Å². The van der Waals surface area contributed by atoms with Gasteiger partial charge in [0.2, 0.25) is 0 Å². The highest BCUT2D eigenvalue weighted by molar-refractivity contribution is 5.94. The highest BCUT2D eigenvalue weighted by Crippen LogP contribution is 2.07. The van der Waals surface area contributed by atoms with Crippen LogP contribution < -0.4 is 0 Å². The van der Waals surface area contributed by atoms with Crippen LogP contribution in [0.15, 0.2) is 24.3 Å². The molecule has 17 heavy (non-hydrogen) atoms. The van der Waals surface area contributed by atoms with Crippen LogP contribution in [0.25, 0.3) is 0 Å². The minimum absolute atomic E-state index is 0.0224. The first-order valence-electron chi connectivity index (χ1n) is 5.62. The van der Waals surface area contributed by atoms with E-state index in [0.29, 0.717) is 12.1 Å². The molecule has 92 valence electrons. The Kier molecular flexibility index (Phi) is 4.69. The highest BCUT2D eigenvalue weighted by Gasteiger charge is 2.14. The second-order valence-corrected chi connectivity index (χ2v) is 3.89. The number of rotatable bonds is 5. The zero-order chi connectivity index (χ0) is 12.8. The van der Waals surface area contributed by atoms with E-state index in [2.05, 4.69) is 0 Å². The molecule has 0 fully saturated rings. The average Bonchev–Trinajstić information content (AvgIpc) is 2.30. The van der Waals surface area contributed by atoms with Crippen LogP contribution in [0.2, 0.25) is 0 Å². The second kappa shape index (κ2) is 6.03. The molecule has 0 saturated carbocycles. The third-order valence-electron chi connectivity index (χ3n) is 2.56. The fourth-order valence-corrected chi connectivity index (χ4v) is 1.51. The van der Waals surface area contributed by atoms with Gasteiger partial charge in [-0.1, -0.05) is 17.7 Å². The van der Waals surface area contributed by atoms with E-state index < -0.39 is 5.97 Å². The van der Waals surface area contributed by atoms with Gasteiger partial charge in [-0.2, -0.15) is 0 Å². The molecule has 0 spiro atoms. The van der Waals surface area contributed by atoms with Crippen molar-refractivity contribution in [3.63, 3.8) is 0 Å². The number of hydrogen-bond donors (Lipinski definition) is 1. The molecule has 4 heteroatoms. The Bertz CT molecular complexity index is 398. The monoisotopic (exact) mass is 235 g/mol. The van der Waals surface area contributed by atoms with E-state index in [0.717, 1.165) is 5.56 Å². The number of hydrogen-bond acceptors (Lipinski definition) is 2. The highest BCUT2D eigenvalue weighted by atomic mass is 16.4. The van der Waals surface area contributed by atoms with Gasteiger partial charge in [0, 0.05) is 18.7 Å². The Morgan fingerprint density at radius 1 is 1.24 bits per heavy atom. The summed E-state index contributed by atoms with van der Waals surface area (Å²) in [5.74, 6) is -1.01. The molecule has 0 atom stereocenters. The van der Waals surface area contributed by atoms with Gasteiger partial charge in [-0.3, -0.25) is 9.59 Å². The molecule has 0 aliphatic rings. The molecule has 1 aromatic carbocycles. The molecule has 0 aromatic heterocycles. The van der Waals surface area contributed by atoms with Crippen molar-refractivity contribution in [2.75, 3.05) is 13.1 Å². The molecule has 0 heterocycles. The second-order valence-electron chi connectivity index (χ2n) is 3.89. The molecule has 1 rings (SSSR count). The van der Waals surface area contributed by atoms with Crippen molar-refractivity contribution < 1.29 is 14.7 Å². The molecule has 4 nitrogen and oxygen atoms in total. The summed E-state index contributed by atoms with van der Waals surface area (Å²) in [5.41, 5.74) is 1.69. The van der Waals surface area contributed by atoms with Gasteiger partial charge < -0.3 is 10.0 Å². The molecule has 1 N–H and O–H groups in total. The number of amides is 1. The summed E-state index contributed by atoms with van der Waals surface area (Å²) in [6.07, 6.45) is -0.0224. The maximum atomic E-state index is 12.0. The Labute approximate surface area is 101 Å². The lowest BCUT2D eigenvalue weighted by molar-refractivity contribution is -0.137. The van der Waals surface area contributed by atoms with E-state index >= 15 is 0 Å². The van der Waals surface area contributed by atoms with Gasteiger partial charge >= 0.3 is 5.97 Å². The SMILES string of the molecule is CCN(CCC(=O)O)C(=O)c1ccc(C)cc1. The van der Waals surface area contributed by atoms with Crippen LogP contribution in [0.4, 0.5) is 0 Å². The lowest BCUT2D eigenvalue weighted by atomic mass is 10.1. The van der Waals surface area contributed by atoms with E-state index in [1.165, 1.54) is 0 Å². The average molecular weight is 235 g/mol. The predicted octanol–water partition coefficient (Wildman–Crippen LogP) is 1.93. The van der Waals surface area contributed by atoms with Gasteiger partial charge in [-0.25, -0.2) is 0 Å². The maximum Gasteiger partial charge on any atom is 0.305 e. The molecule has 0 unspecified atom stereocenters. The zero-order valence-corrected chi connectivity index (χ0v) is 10.1. The van der Waals surface area contributed by atoms with Crippen molar-refractivity contribution in [1.82, 2.24) is 4.90 Å². The van der Waals surface area contributed by atoms with E-state index in [9.17, 15) is 9.59 Å². The van der Waals surface area contributed by atoms with Crippen LogP contribution in [-0.2, 0) is 4.79 Å². The van der Waals surface area contributed by atoms with E-state index in [4.69, 9.17) is 5.11 Å². The third-order valence-corrected chi connectivity index (χ3v) is 2.56. The lowest BCUT2D eigenvalue weighted by Gasteiger charge is -2.20. The van der Waals surface area contributed by atoms with Crippen LogP contribution in [0.3, 0.4) is 0 Å². The van der Waals surface area contributed by atoms with Gasteiger partial charge in [0.1, 0.15) is 0 Å². The summed E-state index contributed by atoms with van der Waals surface area (Å²) in [7, 11) is 0. The number of carbonyl (C=O) groups excluding carboxylic acids is 1. The Hall–Kier alpha value is -1.84. The standard InChI is InChI=1S/C13H17NO3/c1-3-14(9-8-12(15)16)13(17)11-6-4-10(2)5-7-11/h4-7H,3,8-9H2,1-2H3,(H,15,16). The van der Waals surface area contributed by atoms with Gasteiger partial charge in [-0.15, -0.1) is 0 Å². The summed E-state index contributed by atoms with van der Waals surface area (Å²) < 4.78 is 0. The van der Waals surface area contributed by atoms with Crippen molar-refractivity contribution in [3.05, 3.63) is 35.4 Å². The number of aliphatic carboxylic acids is 1. The molecule has 1 amide bonds. The minimum Gasteiger partial charge on any atom is -0.481 e. The largest absolute Gasteiger partial charge is 0.481 e. The summed E-state index contributed by atoms with van der Waals surface area (Å²) in [6, 6.07) is 7.28. The minimum atomic E-state index is -0.889. The van der Waals surface area contributed by atoms with Crippen molar-refractivity contribution >= 4 is 11.9 Å². The number of nitrogens with zero attached hydrogens (tertiary/aromatic N) is 1. The Morgan fingerprint density at radius 3 is 2.29 bits per heavy atom. The summed E-state index contributed by atoms with van der Waals surface area (Å²) in [4.78, 5) is 24.1. The summed E-state index contributed by atoms with van der Waals surface area (Å²) in [6.45, 7) is 4.56. The van der Waals surface area contributed by atoms with Gasteiger partial charge in [-0.05, 0) is 26.0 Å². The number of benzene rings is 1. The maximum absolute atomic E-state index is 12.0. The van der Waals surface area contributed by atoms with Crippen LogP contribution in [0.5, 0.6) is 0 Å². The van der Waals surface area contributed by atoms with E-state index in [1.54, 1.807) is 17.0 Å². The quantitative estimate of drug-likeness (QED) is 0.848. The predicted molar refractivity (Wildman–Crippen MR) is 65.0 cm³/mol. The first-order chi connectivity index (χ1) is 8.04. The van der Waals surface area contributed by atoms with Gasteiger partial charge in [0.15, 0.2) is 0 Å². The zero-order valence-electron chi connectivity index (χ0n) is 10.1. The van der Waals surface area contributed by atoms with Crippen LogP contribution in [0, 0.1) is 6.92 Å². The van der Waals surface area contributed by atoms with E-state index in [1.807, 2.05) is 26.0 Å². The number of carboxylic acid groups (broad SMARTS) is 1. The summed E-state index contributed by atoms with van der Waals surface area (Å²) >= 11 is 0. The normalized spacial score (nSPS) is 10.0. The van der Waals surface area contributed by atoms with Gasteiger partial charge in [0.05, 0.1) is 6.42 Å². The Balaban J connectivity index is 2.71. The van der Waals surface area contributed by atoms with Crippen LogP contribution >= 0.6 is 0 Å². The first kappa shape index (κ1) is 13.2. The fourth-order valence-electron chi connectivity index (χ4n) is 1.51. The molecule has 0 aliphatic heterocycles. The van der Waals surface area contributed by atoms with Crippen molar-refractivity contribution in [1.29, 1.82) is 0 Å².